The number of amides is 1. The summed E-state index contributed by atoms with van der Waals surface area (Å²) in [7, 11) is 0. The van der Waals surface area contributed by atoms with E-state index in [1.165, 1.54) is 16.8 Å². The number of aromatic nitrogens is 5. The van der Waals surface area contributed by atoms with Crippen molar-refractivity contribution in [2.24, 2.45) is 0 Å². The third kappa shape index (κ3) is 2.68. The molecule has 5 heterocycles. The second-order valence-corrected chi connectivity index (χ2v) is 8.27. The maximum absolute atomic E-state index is 14.6. The number of carbonyl (C=O) groups is 1. The van der Waals surface area contributed by atoms with Crippen LogP contribution in [0.5, 0.6) is 5.88 Å². The van der Waals surface area contributed by atoms with Gasteiger partial charge < -0.3 is 10.1 Å². The average molecular weight is 470 g/mol. The molecular formula is C22H14F4N6O2. The minimum absolute atomic E-state index is 0.0167. The number of hydrogen-bond acceptors (Lipinski definition) is 6. The molecule has 0 saturated heterocycles. The minimum atomic E-state index is -3.47. The molecule has 1 aromatic carbocycles. The Morgan fingerprint density at radius 1 is 1.21 bits per heavy atom. The van der Waals surface area contributed by atoms with Gasteiger partial charge in [-0.2, -0.15) is 10.1 Å². The van der Waals surface area contributed by atoms with Gasteiger partial charge in [-0.15, -0.1) is 0 Å². The first-order valence-electron chi connectivity index (χ1n) is 10.2. The standard InChI is InChI=1S/C22H14F4N6O2/c1-21-14-16(30-20(21)33)28-17(29-19(14)34-9-22(21,25)26)15-12-6-11(23)7-27-18(12)32(31-15)8-10-4-2-3-5-13(10)24/h2-7H,8-9H2,1H3,(H,28,29,30,33)/t21-/m1/s1. The monoisotopic (exact) mass is 470 g/mol. The van der Waals surface area contributed by atoms with Crippen LogP contribution in [-0.2, 0) is 16.8 Å². The molecule has 1 atom stereocenters. The number of hydrogen-bond donors (Lipinski definition) is 1. The first-order valence-corrected chi connectivity index (χ1v) is 10.2. The molecule has 0 aliphatic carbocycles. The van der Waals surface area contributed by atoms with Crippen molar-refractivity contribution in [2.45, 2.75) is 24.8 Å². The molecule has 172 valence electrons. The summed E-state index contributed by atoms with van der Waals surface area (Å²) in [5.74, 6) is -5.91. The van der Waals surface area contributed by atoms with Crippen molar-refractivity contribution < 1.29 is 27.1 Å². The Labute approximate surface area is 188 Å². The van der Waals surface area contributed by atoms with E-state index in [-0.39, 0.29) is 46.4 Å². The Morgan fingerprint density at radius 2 is 2.00 bits per heavy atom. The summed E-state index contributed by atoms with van der Waals surface area (Å²) < 4.78 is 64.1. The Kier molecular flexibility index (Phi) is 4.05. The van der Waals surface area contributed by atoms with Gasteiger partial charge in [0.15, 0.2) is 18.1 Å². The van der Waals surface area contributed by atoms with Crippen molar-refractivity contribution in [3.05, 3.63) is 59.3 Å². The lowest BCUT2D eigenvalue weighted by atomic mass is 9.77. The van der Waals surface area contributed by atoms with Crippen molar-refractivity contribution >= 4 is 22.8 Å². The van der Waals surface area contributed by atoms with E-state index in [2.05, 4.69) is 25.4 Å². The highest BCUT2D eigenvalue weighted by atomic mass is 19.3. The number of halogens is 4. The SMILES string of the molecule is C[C@]12C(=O)Nc3nc(-c4nn(Cc5ccccc5F)c5ncc(F)cc45)nc(c31)OCC2(F)F. The number of nitrogens with zero attached hydrogens (tertiary/aromatic N) is 5. The third-order valence-corrected chi connectivity index (χ3v) is 6.23. The van der Waals surface area contributed by atoms with Crippen LogP contribution in [0.4, 0.5) is 23.4 Å². The number of benzene rings is 1. The second kappa shape index (κ2) is 6.72. The Hall–Kier alpha value is -4.09. The average Bonchev–Trinajstić information content (AvgIpc) is 3.28. The van der Waals surface area contributed by atoms with Crippen molar-refractivity contribution in [1.29, 1.82) is 0 Å². The zero-order valence-electron chi connectivity index (χ0n) is 17.4. The topological polar surface area (TPSA) is 94.8 Å². The lowest BCUT2D eigenvalue weighted by molar-refractivity contribution is -0.148. The fourth-order valence-corrected chi connectivity index (χ4v) is 4.29. The van der Waals surface area contributed by atoms with Crippen LogP contribution in [0.1, 0.15) is 18.1 Å². The van der Waals surface area contributed by atoms with Gasteiger partial charge in [-0.1, -0.05) is 18.2 Å². The van der Waals surface area contributed by atoms with E-state index in [4.69, 9.17) is 4.74 Å². The van der Waals surface area contributed by atoms with Crippen molar-refractivity contribution in [1.82, 2.24) is 24.7 Å². The number of pyridine rings is 1. The number of anilines is 1. The number of fused-ring (bicyclic) bond motifs is 1. The first kappa shape index (κ1) is 20.5. The first-order chi connectivity index (χ1) is 16.2. The fourth-order valence-electron chi connectivity index (χ4n) is 4.29. The molecule has 0 spiro atoms. The van der Waals surface area contributed by atoms with Gasteiger partial charge in [0.25, 0.3) is 5.92 Å². The maximum atomic E-state index is 14.6. The van der Waals surface area contributed by atoms with E-state index in [1.54, 1.807) is 18.2 Å². The summed E-state index contributed by atoms with van der Waals surface area (Å²) >= 11 is 0. The van der Waals surface area contributed by atoms with Gasteiger partial charge in [0.1, 0.15) is 28.6 Å². The smallest absolute Gasteiger partial charge is 0.299 e. The third-order valence-electron chi connectivity index (χ3n) is 6.23. The highest BCUT2D eigenvalue weighted by Gasteiger charge is 2.65. The minimum Gasteiger partial charge on any atom is -0.471 e. The molecule has 0 saturated carbocycles. The molecule has 8 nitrogen and oxygen atoms in total. The van der Waals surface area contributed by atoms with Crippen LogP contribution < -0.4 is 10.1 Å². The molecule has 2 aliphatic rings. The summed E-state index contributed by atoms with van der Waals surface area (Å²) in [6, 6.07) is 7.26. The molecule has 12 heteroatoms. The van der Waals surface area contributed by atoms with Gasteiger partial charge in [0.05, 0.1) is 23.7 Å². The van der Waals surface area contributed by atoms with Gasteiger partial charge in [0, 0.05) is 5.56 Å². The number of rotatable bonds is 3. The normalized spacial score (nSPS) is 20.2. The molecule has 0 fully saturated rings. The molecule has 3 aromatic heterocycles. The predicted molar refractivity (Wildman–Crippen MR) is 110 cm³/mol. The van der Waals surface area contributed by atoms with E-state index >= 15 is 0 Å². The van der Waals surface area contributed by atoms with Crippen LogP contribution in [0.15, 0.2) is 36.5 Å². The number of alkyl halides is 2. The van der Waals surface area contributed by atoms with Crippen molar-refractivity contribution in [3.63, 3.8) is 0 Å². The molecule has 0 bridgehead atoms. The molecular weight excluding hydrogens is 456 g/mol. The molecule has 0 radical (unpaired) electrons. The number of nitrogens with one attached hydrogen (secondary N) is 1. The van der Waals surface area contributed by atoms with Crippen LogP contribution in [0, 0.1) is 11.6 Å². The highest BCUT2D eigenvalue weighted by Crippen LogP contribution is 2.53. The lowest BCUT2D eigenvalue weighted by Gasteiger charge is -2.35. The van der Waals surface area contributed by atoms with E-state index in [9.17, 15) is 22.4 Å². The Bertz CT molecular complexity index is 1520. The summed E-state index contributed by atoms with van der Waals surface area (Å²) in [6.45, 7) is 0.0522. The van der Waals surface area contributed by atoms with Gasteiger partial charge in [-0.3, -0.25) is 4.79 Å². The van der Waals surface area contributed by atoms with Crippen LogP contribution in [0.2, 0.25) is 0 Å². The molecule has 1 amide bonds. The van der Waals surface area contributed by atoms with Crippen LogP contribution in [-0.4, -0.2) is 43.2 Å². The summed E-state index contributed by atoms with van der Waals surface area (Å²) in [6.07, 6.45) is 0.996. The molecule has 6 rings (SSSR count). The largest absolute Gasteiger partial charge is 0.471 e. The van der Waals surface area contributed by atoms with E-state index < -0.39 is 35.5 Å². The quantitative estimate of drug-likeness (QED) is 0.461. The van der Waals surface area contributed by atoms with Crippen molar-refractivity contribution in [3.8, 4) is 17.4 Å². The zero-order chi connectivity index (χ0) is 23.8. The predicted octanol–water partition coefficient (Wildman–Crippen LogP) is 3.45. The van der Waals surface area contributed by atoms with Gasteiger partial charge in [-0.05, 0) is 19.1 Å². The number of carbonyl (C=O) groups excluding carboxylic acids is 1. The van der Waals surface area contributed by atoms with Gasteiger partial charge in [-0.25, -0.2) is 32.2 Å². The molecule has 4 aromatic rings. The van der Waals surface area contributed by atoms with E-state index in [0.717, 1.165) is 13.1 Å². The molecule has 1 N–H and O–H groups in total. The zero-order valence-corrected chi connectivity index (χ0v) is 17.4. The molecule has 0 unspecified atom stereocenters. The molecule has 34 heavy (non-hydrogen) atoms. The Morgan fingerprint density at radius 3 is 2.79 bits per heavy atom. The van der Waals surface area contributed by atoms with E-state index in [0.29, 0.717) is 5.56 Å². The van der Waals surface area contributed by atoms with Crippen molar-refractivity contribution in [2.75, 3.05) is 11.9 Å². The fraction of sp³-hybridized carbons (Fsp3) is 0.227. The van der Waals surface area contributed by atoms with Gasteiger partial charge >= 0.3 is 0 Å². The van der Waals surface area contributed by atoms with Gasteiger partial charge in [0.2, 0.25) is 11.8 Å². The summed E-state index contributed by atoms with van der Waals surface area (Å²) in [4.78, 5) is 25.1. The van der Waals surface area contributed by atoms with E-state index in [1.807, 2.05) is 0 Å². The molecule has 2 aliphatic heterocycles. The van der Waals surface area contributed by atoms with Crippen LogP contribution in [0.3, 0.4) is 0 Å². The highest BCUT2D eigenvalue weighted by molar-refractivity contribution is 6.07. The second-order valence-electron chi connectivity index (χ2n) is 8.27. The summed E-state index contributed by atoms with van der Waals surface area (Å²) in [5, 5.41) is 7.01. The lowest BCUT2D eigenvalue weighted by Crippen LogP contribution is -2.54. The Balaban J connectivity index is 1.54. The van der Waals surface area contributed by atoms with Crippen LogP contribution >= 0.6 is 0 Å². The maximum Gasteiger partial charge on any atom is 0.299 e. The number of ether oxygens (including phenoxy) is 1. The van der Waals surface area contributed by atoms with Crippen LogP contribution in [0.25, 0.3) is 22.6 Å². The summed E-state index contributed by atoms with van der Waals surface area (Å²) in [5.41, 5.74) is -1.70.